The van der Waals surface area contributed by atoms with Crippen molar-refractivity contribution in [3.05, 3.63) is 23.8 Å². The lowest BCUT2D eigenvalue weighted by atomic mass is 9.84. The van der Waals surface area contributed by atoms with Crippen LogP contribution in [0.15, 0.2) is 18.2 Å². The van der Waals surface area contributed by atoms with Crippen LogP contribution in [0.1, 0.15) is 31.7 Å². The molecule has 0 fully saturated rings. The number of carbonyl (C=O) groups excluding carboxylic acids is 2. The standard InChI is InChI=1S/C16H22O5/c1-5-11(16(18)21-6-2)12(10-17)15-13(19-3)8-7-9-14(15)20-4/h7-12H,5-6H2,1-4H3. The predicted molar refractivity (Wildman–Crippen MR) is 78.8 cm³/mol. The molecular formula is C16H22O5. The van der Waals surface area contributed by atoms with Crippen LogP contribution in [0, 0.1) is 5.92 Å². The maximum atomic E-state index is 12.1. The summed E-state index contributed by atoms with van der Waals surface area (Å²) >= 11 is 0. The lowest BCUT2D eigenvalue weighted by Gasteiger charge is -2.23. The topological polar surface area (TPSA) is 61.8 Å². The van der Waals surface area contributed by atoms with Gasteiger partial charge in [0.1, 0.15) is 17.8 Å². The molecule has 0 spiro atoms. The van der Waals surface area contributed by atoms with E-state index in [1.807, 2.05) is 6.92 Å². The van der Waals surface area contributed by atoms with Crippen LogP contribution < -0.4 is 9.47 Å². The van der Waals surface area contributed by atoms with Gasteiger partial charge >= 0.3 is 5.97 Å². The van der Waals surface area contributed by atoms with Gasteiger partial charge in [-0.1, -0.05) is 13.0 Å². The van der Waals surface area contributed by atoms with Crippen LogP contribution >= 0.6 is 0 Å². The molecule has 1 rings (SSSR count). The number of esters is 1. The van der Waals surface area contributed by atoms with Crippen LogP contribution in [0.25, 0.3) is 0 Å². The summed E-state index contributed by atoms with van der Waals surface area (Å²) in [6.07, 6.45) is 1.24. The molecule has 0 aliphatic carbocycles. The molecule has 0 saturated heterocycles. The first-order valence-electron chi connectivity index (χ1n) is 6.97. The highest BCUT2D eigenvalue weighted by atomic mass is 16.5. The lowest BCUT2D eigenvalue weighted by Crippen LogP contribution is -2.25. The average molecular weight is 294 g/mol. The molecule has 2 atom stereocenters. The molecule has 2 unspecified atom stereocenters. The first-order chi connectivity index (χ1) is 10.1. The molecule has 21 heavy (non-hydrogen) atoms. The Hall–Kier alpha value is -2.04. The summed E-state index contributed by atoms with van der Waals surface area (Å²) in [5.41, 5.74) is 0.581. The zero-order valence-corrected chi connectivity index (χ0v) is 12.9. The third-order valence-electron chi connectivity index (χ3n) is 3.41. The van der Waals surface area contributed by atoms with E-state index in [0.717, 1.165) is 6.29 Å². The Morgan fingerprint density at radius 1 is 1.19 bits per heavy atom. The average Bonchev–Trinajstić information content (AvgIpc) is 2.51. The van der Waals surface area contributed by atoms with Gasteiger partial charge in [-0.25, -0.2) is 0 Å². The van der Waals surface area contributed by atoms with Crippen molar-refractivity contribution in [2.75, 3.05) is 20.8 Å². The van der Waals surface area contributed by atoms with Crippen molar-refractivity contribution >= 4 is 12.3 Å². The summed E-state index contributed by atoms with van der Waals surface area (Å²) < 4.78 is 15.7. The molecule has 0 amide bonds. The Kier molecular flexibility index (Phi) is 6.72. The minimum atomic E-state index is -0.667. The van der Waals surface area contributed by atoms with E-state index >= 15 is 0 Å². The summed E-state index contributed by atoms with van der Waals surface area (Å²) in [7, 11) is 3.04. The van der Waals surface area contributed by atoms with Gasteiger partial charge in [0.05, 0.1) is 32.7 Å². The highest BCUT2D eigenvalue weighted by molar-refractivity contribution is 5.81. The van der Waals surface area contributed by atoms with Gasteiger partial charge in [-0.2, -0.15) is 0 Å². The maximum absolute atomic E-state index is 12.1. The van der Waals surface area contributed by atoms with Crippen molar-refractivity contribution in [2.24, 2.45) is 5.92 Å². The molecule has 0 aliphatic rings. The molecule has 5 heteroatoms. The second-order valence-electron chi connectivity index (χ2n) is 4.50. The molecule has 0 radical (unpaired) electrons. The highest BCUT2D eigenvalue weighted by Crippen LogP contribution is 2.39. The molecule has 0 saturated carbocycles. The molecule has 0 N–H and O–H groups in total. The summed E-state index contributed by atoms with van der Waals surface area (Å²) in [5.74, 6) is -0.568. The van der Waals surface area contributed by atoms with Gasteiger partial charge in [0.25, 0.3) is 0 Å². The van der Waals surface area contributed by atoms with Gasteiger partial charge in [0.15, 0.2) is 0 Å². The van der Waals surface area contributed by atoms with Gasteiger partial charge < -0.3 is 19.0 Å². The van der Waals surface area contributed by atoms with Crippen molar-refractivity contribution in [1.82, 2.24) is 0 Å². The highest BCUT2D eigenvalue weighted by Gasteiger charge is 2.33. The third-order valence-corrected chi connectivity index (χ3v) is 3.41. The number of methoxy groups -OCH3 is 2. The zero-order chi connectivity index (χ0) is 15.8. The second kappa shape index (κ2) is 8.29. The molecule has 1 aromatic rings. The summed E-state index contributed by atoms with van der Waals surface area (Å²) in [4.78, 5) is 23.7. The third kappa shape index (κ3) is 3.74. The van der Waals surface area contributed by atoms with Crippen LogP contribution in [0.3, 0.4) is 0 Å². The summed E-state index contributed by atoms with van der Waals surface area (Å²) in [6, 6.07) is 5.26. The Morgan fingerprint density at radius 3 is 2.14 bits per heavy atom. The van der Waals surface area contributed by atoms with Crippen molar-refractivity contribution in [2.45, 2.75) is 26.2 Å². The minimum Gasteiger partial charge on any atom is -0.496 e. The summed E-state index contributed by atoms with van der Waals surface area (Å²) in [6.45, 7) is 3.87. The van der Waals surface area contributed by atoms with Gasteiger partial charge in [-0.15, -0.1) is 0 Å². The normalized spacial score (nSPS) is 13.1. The van der Waals surface area contributed by atoms with E-state index in [0.29, 0.717) is 23.5 Å². The fraction of sp³-hybridized carbons (Fsp3) is 0.500. The molecule has 1 aromatic carbocycles. The first kappa shape index (κ1) is 17.0. The van der Waals surface area contributed by atoms with E-state index in [4.69, 9.17) is 14.2 Å². The first-order valence-corrected chi connectivity index (χ1v) is 6.97. The Morgan fingerprint density at radius 2 is 1.76 bits per heavy atom. The van der Waals surface area contributed by atoms with Crippen molar-refractivity contribution in [3.8, 4) is 11.5 Å². The fourth-order valence-corrected chi connectivity index (χ4v) is 2.39. The van der Waals surface area contributed by atoms with Crippen LogP contribution in [-0.2, 0) is 14.3 Å². The number of rotatable bonds is 8. The number of aldehydes is 1. The van der Waals surface area contributed by atoms with E-state index in [9.17, 15) is 9.59 Å². The number of ether oxygens (including phenoxy) is 3. The molecular weight excluding hydrogens is 272 g/mol. The van der Waals surface area contributed by atoms with Crippen molar-refractivity contribution in [3.63, 3.8) is 0 Å². The van der Waals surface area contributed by atoms with E-state index in [1.54, 1.807) is 25.1 Å². The minimum absolute atomic E-state index is 0.282. The molecule has 0 bridgehead atoms. The van der Waals surface area contributed by atoms with E-state index < -0.39 is 11.8 Å². The molecule has 0 aromatic heterocycles. The van der Waals surface area contributed by atoms with E-state index in [1.165, 1.54) is 14.2 Å². The Balaban J connectivity index is 3.31. The van der Waals surface area contributed by atoms with Crippen LogP contribution in [0.4, 0.5) is 0 Å². The number of carbonyl (C=O) groups is 2. The van der Waals surface area contributed by atoms with E-state index in [2.05, 4.69) is 0 Å². The Bertz CT molecular complexity index is 461. The smallest absolute Gasteiger partial charge is 0.309 e. The molecule has 116 valence electrons. The quantitative estimate of drug-likeness (QED) is 0.544. The van der Waals surface area contributed by atoms with Crippen LogP contribution in [-0.4, -0.2) is 33.1 Å². The predicted octanol–water partition coefficient (Wildman–Crippen LogP) is 2.58. The lowest BCUT2D eigenvalue weighted by molar-refractivity contribution is -0.149. The number of hydrogen-bond acceptors (Lipinski definition) is 5. The second-order valence-corrected chi connectivity index (χ2v) is 4.50. The van der Waals surface area contributed by atoms with Gasteiger partial charge in [-0.3, -0.25) is 4.79 Å². The number of hydrogen-bond donors (Lipinski definition) is 0. The van der Waals surface area contributed by atoms with Crippen LogP contribution in [0.2, 0.25) is 0 Å². The van der Waals surface area contributed by atoms with Crippen molar-refractivity contribution < 1.29 is 23.8 Å². The summed E-state index contributed by atoms with van der Waals surface area (Å²) in [5, 5.41) is 0. The molecule has 0 aliphatic heterocycles. The van der Waals surface area contributed by atoms with Crippen molar-refractivity contribution in [1.29, 1.82) is 0 Å². The fourth-order valence-electron chi connectivity index (χ4n) is 2.39. The monoisotopic (exact) mass is 294 g/mol. The largest absolute Gasteiger partial charge is 0.496 e. The van der Waals surface area contributed by atoms with Gasteiger partial charge in [0, 0.05) is 5.56 Å². The van der Waals surface area contributed by atoms with Gasteiger partial charge in [-0.05, 0) is 25.5 Å². The SMILES string of the molecule is CCOC(=O)C(CC)C(C=O)c1c(OC)cccc1OC. The Labute approximate surface area is 125 Å². The maximum Gasteiger partial charge on any atom is 0.309 e. The van der Waals surface area contributed by atoms with E-state index in [-0.39, 0.29) is 12.6 Å². The zero-order valence-electron chi connectivity index (χ0n) is 12.9. The number of benzene rings is 1. The van der Waals surface area contributed by atoms with Crippen LogP contribution in [0.5, 0.6) is 11.5 Å². The molecule has 0 heterocycles. The molecule has 5 nitrogen and oxygen atoms in total. The van der Waals surface area contributed by atoms with Gasteiger partial charge in [0.2, 0.25) is 0 Å².